The zero-order valence-corrected chi connectivity index (χ0v) is 18.5. The van der Waals surface area contributed by atoms with Crippen molar-refractivity contribution in [3.63, 3.8) is 0 Å². The molecule has 1 amide bonds. The van der Waals surface area contributed by atoms with Gasteiger partial charge in [-0.25, -0.2) is 0 Å². The molecule has 0 aliphatic rings. The lowest BCUT2D eigenvalue weighted by Crippen LogP contribution is -2.35. The van der Waals surface area contributed by atoms with Crippen molar-refractivity contribution in [2.45, 2.75) is 58.3 Å². The molecule has 5 nitrogen and oxygen atoms in total. The van der Waals surface area contributed by atoms with E-state index in [0.717, 1.165) is 24.9 Å². The molecule has 0 aliphatic carbocycles. The lowest BCUT2D eigenvalue weighted by molar-refractivity contribution is -0.119. The number of halogens is 2. The first-order valence-corrected chi connectivity index (χ1v) is 10.9. The number of hydrogen-bond acceptors (Lipinski definition) is 4. The van der Waals surface area contributed by atoms with Crippen LogP contribution in [-0.2, 0) is 11.3 Å². The van der Waals surface area contributed by atoms with Gasteiger partial charge in [0.25, 0.3) is 0 Å². The Balaban J connectivity index is 2.22. The van der Waals surface area contributed by atoms with Crippen molar-refractivity contribution in [3.8, 4) is 11.4 Å². The summed E-state index contributed by atoms with van der Waals surface area (Å²) >= 11 is 13.8. The number of rotatable bonds is 9. The van der Waals surface area contributed by atoms with Gasteiger partial charge >= 0.3 is 0 Å². The highest BCUT2D eigenvalue weighted by Gasteiger charge is 2.19. The van der Waals surface area contributed by atoms with E-state index >= 15 is 0 Å². The molecular formula is C19H26Cl2N4OS. The normalized spacial score (nSPS) is 11.4. The minimum absolute atomic E-state index is 0.0128. The van der Waals surface area contributed by atoms with E-state index in [4.69, 9.17) is 23.2 Å². The van der Waals surface area contributed by atoms with Gasteiger partial charge in [0.05, 0.1) is 10.8 Å². The van der Waals surface area contributed by atoms with E-state index in [9.17, 15) is 4.79 Å². The molecule has 0 saturated carbocycles. The number of carbonyl (C=O) groups is 1. The van der Waals surface area contributed by atoms with Gasteiger partial charge in [-0.15, -0.1) is 10.2 Å². The molecule has 27 heavy (non-hydrogen) atoms. The Bertz CT molecular complexity index is 775. The molecular weight excluding hydrogens is 403 g/mol. The van der Waals surface area contributed by atoms with Gasteiger partial charge in [0.2, 0.25) is 5.91 Å². The predicted octanol–water partition coefficient (Wildman–Crippen LogP) is 5.30. The number of benzene rings is 1. The molecule has 2 aromatic rings. The van der Waals surface area contributed by atoms with E-state index in [0.29, 0.717) is 32.7 Å². The first-order chi connectivity index (χ1) is 12.8. The lowest BCUT2D eigenvalue weighted by atomic mass is 10.2. The molecule has 148 valence electrons. The van der Waals surface area contributed by atoms with Crippen molar-refractivity contribution in [1.29, 1.82) is 0 Å². The van der Waals surface area contributed by atoms with Crippen molar-refractivity contribution in [1.82, 2.24) is 20.1 Å². The number of carbonyl (C=O) groups excluding carboxylic acids is 1. The van der Waals surface area contributed by atoms with Gasteiger partial charge in [-0.2, -0.15) is 0 Å². The largest absolute Gasteiger partial charge is 0.353 e. The maximum Gasteiger partial charge on any atom is 0.230 e. The van der Waals surface area contributed by atoms with Crippen molar-refractivity contribution < 1.29 is 4.79 Å². The number of nitrogens with zero attached hydrogens (tertiary/aromatic N) is 3. The minimum Gasteiger partial charge on any atom is -0.353 e. The fourth-order valence-corrected chi connectivity index (χ4v) is 3.94. The average molecular weight is 429 g/mol. The molecule has 0 aliphatic heterocycles. The molecule has 0 atom stereocenters. The number of thioether (sulfide) groups is 1. The van der Waals surface area contributed by atoms with E-state index in [1.54, 1.807) is 12.1 Å². The summed E-state index contributed by atoms with van der Waals surface area (Å²) in [6, 6.07) is 5.55. The molecule has 0 spiro atoms. The third-order valence-electron chi connectivity index (χ3n) is 4.12. The Labute approximate surface area is 175 Å². The Kier molecular flexibility index (Phi) is 8.45. The molecule has 0 bridgehead atoms. The summed E-state index contributed by atoms with van der Waals surface area (Å²) in [4.78, 5) is 12.2. The van der Waals surface area contributed by atoms with E-state index in [1.165, 1.54) is 11.8 Å². The van der Waals surface area contributed by atoms with Crippen LogP contribution in [0.5, 0.6) is 0 Å². The number of amides is 1. The van der Waals surface area contributed by atoms with Crippen LogP contribution >= 0.6 is 35.0 Å². The molecule has 1 aromatic carbocycles. The lowest BCUT2D eigenvalue weighted by Gasteiger charge is -2.15. The highest BCUT2D eigenvalue weighted by atomic mass is 35.5. The summed E-state index contributed by atoms with van der Waals surface area (Å²) in [6.07, 6.45) is 1.85. The van der Waals surface area contributed by atoms with Crippen LogP contribution in [0, 0.1) is 5.92 Å². The van der Waals surface area contributed by atoms with Crippen LogP contribution in [-0.4, -0.2) is 32.5 Å². The van der Waals surface area contributed by atoms with Gasteiger partial charge in [0.15, 0.2) is 11.0 Å². The Morgan fingerprint density at radius 1 is 1.22 bits per heavy atom. The van der Waals surface area contributed by atoms with Gasteiger partial charge in [0.1, 0.15) is 0 Å². The summed E-state index contributed by atoms with van der Waals surface area (Å²) in [5.74, 6) is 1.40. The molecule has 0 saturated heterocycles. The summed E-state index contributed by atoms with van der Waals surface area (Å²) in [5, 5.41) is 13.5. The maximum atomic E-state index is 12.2. The van der Waals surface area contributed by atoms with Gasteiger partial charge in [-0.1, -0.05) is 62.7 Å². The quantitative estimate of drug-likeness (QED) is 0.549. The maximum absolute atomic E-state index is 12.2. The fourth-order valence-electron chi connectivity index (χ4n) is 2.69. The van der Waals surface area contributed by atoms with E-state index < -0.39 is 0 Å². The van der Waals surface area contributed by atoms with Crippen LogP contribution in [0.15, 0.2) is 23.4 Å². The number of nitrogens with one attached hydrogen (secondary N) is 1. The Morgan fingerprint density at radius 2 is 1.93 bits per heavy atom. The second kappa shape index (κ2) is 10.3. The molecule has 2 rings (SSSR count). The highest BCUT2D eigenvalue weighted by molar-refractivity contribution is 7.99. The van der Waals surface area contributed by atoms with Crippen LogP contribution in [0.25, 0.3) is 11.4 Å². The van der Waals surface area contributed by atoms with Crippen LogP contribution < -0.4 is 5.32 Å². The fraction of sp³-hybridized carbons (Fsp3) is 0.526. The second-order valence-electron chi connectivity index (χ2n) is 6.80. The van der Waals surface area contributed by atoms with Gasteiger partial charge in [0, 0.05) is 23.2 Å². The van der Waals surface area contributed by atoms with Crippen LogP contribution in [0.3, 0.4) is 0 Å². The molecule has 1 N–H and O–H groups in total. The van der Waals surface area contributed by atoms with Crippen LogP contribution in [0.4, 0.5) is 0 Å². The second-order valence-corrected chi connectivity index (χ2v) is 8.59. The predicted molar refractivity (Wildman–Crippen MR) is 114 cm³/mol. The van der Waals surface area contributed by atoms with E-state index in [1.807, 2.05) is 10.6 Å². The average Bonchev–Trinajstić information content (AvgIpc) is 2.99. The zero-order chi connectivity index (χ0) is 20.0. The third kappa shape index (κ3) is 6.13. The monoisotopic (exact) mass is 428 g/mol. The number of aromatic nitrogens is 3. The summed E-state index contributed by atoms with van der Waals surface area (Å²) < 4.78 is 2.02. The molecule has 0 radical (unpaired) electrons. The van der Waals surface area contributed by atoms with Crippen molar-refractivity contribution in [2.24, 2.45) is 5.92 Å². The smallest absolute Gasteiger partial charge is 0.230 e. The molecule has 1 aromatic heterocycles. The SMILES string of the molecule is CCC(CC)NC(=O)CSc1nnc(-c2ccc(Cl)cc2Cl)n1CC(C)C. The molecule has 0 unspecified atom stereocenters. The first kappa shape index (κ1) is 22.1. The van der Waals surface area contributed by atoms with Crippen molar-refractivity contribution in [3.05, 3.63) is 28.2 Å². The minimum atomic E-state index is 0.0128. The summed E-state index contributed by atoms with van der Waals surface area (Å²) in [5.41, 5.74) is 0.780. The Morgan fingerprint density at radius 3 is 2.52 bits per heavy atom. The van der Waals surface area contributed by atoms with Gasteiger partial charge in [-0.3, -0.25) is 4.79 Å². The first-order valence-electron chi connectivity index (χ1n) is 9.16. The topological polar surface area (TPSA) is 59.8 Å². The Hall–Kier alpha value is -1.24. The van der Waals surface area contributed by atoms with Gasteiger partial charge in [-0.05, 0) is 37.0 Å². The van der Waals surface area contributed by atoms with E-state index in [2.05, 4.69) is 43.2 Å². The van der Waals surface area contributed by atoms with Gasteiger partial charge < -0.3 is 9.88 Å². The third-order valence-corrected chi connectivity index (χ3v) is 5.63. The molecule has 1 heterocycles. The van der Waals surface area contributed by atoms with E-state index in [-0.39, 0.29) is 11.9 Å². The van der Waals surface area contributed by atoms with Crippen molar-refractivity contribution >= 4 is 40.9 Å². The number of hydrogen-bond donors (Lipinski definition) is 1. The van der Waals surface area contributed by atoms with Crippen LogP contribution in [0.1, 0.15) is 40.5 Å². The van der Waals surface area contributed by atoms with Crippen molar-refractivity contribution in [2.75, 3.05) is 5.75 Å². The summed E-state index contributed by atoms with van der Waals surface area (Å²) in [7, 11) is 0. The summed E-state index contributed by atoms with van der Waals surface area (Å²) in [6.45, 7) is 9.13. The van der Waals surface area contributed by atoms with Crippen LogP contribution in [0.2, 0.25) is 10.0 Å². The standard InChI is InChI=1S/C19H26Cl2N4OS/c1-5-14(6-2)22-17(26)11-27-19-24-23-18(25(19)10-12(3)4)15-8-7-13(20)9-16(15)21/h7-9,12,14H,5-6,10-11H2,1-4H3,(H,22,26). The zero-order valence-electron chi connectivity index (χ0n) is 16.1. The molecule has 8 heteroatoms. The molecule has 0 fully saturated rings. The highest BCUT2D eigenvalue weighted by Crippen LogP contribution is 2.32.